The van der Waals surface area contributed by atoms with E-state index in [2.05, 4.69) is 26.1 Å². The summed E-state index contributed by atoms with van der Waals surface area (Å²) < 4.78 is 0. The molecule has 7 nitrogen and oxygen atoms in total. The second kappa shape index (κ2) is 8.77. The molecule has 2 aliphatic heterocycles. The van der Waals surface area contributed by atoms with Crippen LogP contribution in [-0.4, -0.2) is 45.2 Å². The number of unbranched alkanes of at least 4 members (excludes halogenated alkanes) is 1. The van der Waals surface area contributed by atoms with E-state index in [-0.39, 0.29) is 24.0 Å². The number of aromatic nitrogens is 2. The van der Waals surface area contributed by atoms with Gasteiger partial charge >= 0.3 is 6.03 Å². The minimum absolute atomic E-state index is 0.0223. The SMILES string of the molecule is O=C(CCCC[C@@H]1SC[C@H]2NC(=O)N[C@@H]12)Nc1nnc(C2CCCCC2)s1. The maximum atomic E-state index is 12.2. The molecule has 3 heterocycles. The fraction of sp³-hybridized carbons (Fsp3) is 0.778. The Morgan fingerprint density at radius 3 is 2.85 bits per heavy atom. The summed E-state index contributed by atoms with van der Waals surface area (Å²) >= 11 is 3.45. The lowest BCUT2D eigenvalue weighted by Crippen LogP contribution is -2.36. The summed E-state index contributed by atoms with van der Waals surface area (Å²) in [5.74, 6) is 1.53. The maximum absolute atomic E-state index is 12.2. The third-order valence-corrected chi connectivity index (χ3v) is 8.23. The standard InChI is InChI=1S/C18H27N5O2S2/c24-14(20-18-23-22-16(27-18)11-6-2-1-3-7-11)9-5-4-8-13-15-12(10-26-13)19-17(25)21-15/h11-13,15H,1-10H2,(H2,19,21,25)(H,20,23,24)/t12-,13+,15-/m1/s1. The Kier molecular flexibility index (Phi) is 6.17. The zero-order valence-electron chi connectivity index (χ0n) is 15.4. The summed E-state index contributed by atoms with van der Waals surface area (Å²) in [6.07, 6.45) is 9.64. The molecule has 1 saturated carbocycles. The predicted octanol–water partition coefficient (Wildman–Crippen LogP) is 3.25. The second-order valence-corrected chi connectivity index (χ2v) is 9.98. The van der Waals surface area contributed by atoms with Crippen molar-refractivity contribution in [3.8, 4) is 0 Å². The molecule has 3 amide bonds. The van der Waals surface area contributed by atoms with Gasteiger partial charge in [0, 0.05) is 23.3 Å². The number of nitrogens with one attached hydrogen (secondary N) is 3. The van der Waals surface area contributed by atoms with Gasteiger partial charge in [-0.15, -0.1) is 10.2 Å². The van der Waals surface area contributed by atoms with Crippen molar-refractivity contribution in [1.29, 1.82) is 0 Å². The molecule has 0 spiro atoms. The van der Waals surface area contributed by atoms with Crippen LogP contribution in [0.15, 0.2) is 0 Å². The quantitative estimate of drug-likeness (QED) is 0.474. The molecule has 4 rings (SSSR count). The van der Waals surface area contributed by atoms with E-state index >= 15 is 0 Å². The van der Waals surface area contributed by atoms with Gasteiger partial charge in [0.1, 0.15) is 5.01 Å². The first-order chi connectivity index (χ1) is 13.2. The van der Waals surface area contributed by atoms with Gasteiger partial charge < -0.3 is 16.0 Å². The van der Waals surface area contributed by atoms with Gasteiger partial charge in [-0.2, -0.15) is 11.8 Å². The van der Waals surface area contributed by atoms with Crippen LogP contribution in [0.1, 0.15) is 68.7 Å². The first kappa shape index (κ1) is 19.0. The van der Waals surface area contributed by atoms with Crippen molar-refractivity contribution in [2.24, 2.45) is 0 Å². The largest absolute Gasteiger partial charge is 0.332 e. The van der Waals surface area contributed by atoms with Crippen LogP contribution in [0.2, 0.25) is 0 Å². The molecule has 3 atom stereocenters. The molecule has 3 fully saturated rings. The van der Waals surface area contributed by atoms with E-state index in [4.69, 9.17) is 0 Å². The summed E-state index contributed by atoms with van der Waals surface area (Å²) in [6, 6.07) is 0.474. The number of nitrogens with zero attached hydrogens (tertiary/aromatic N) is 2. The van der Waals surface area contributed by atoms with E-state index in [1.807, 2.05) is 11.8 Å². The monoisotopic (exact) mass is 409 g/mol. The number of carbonyl (C=O) groups is 2. The number of hydrogen-bond donors (Lipinski definition) is 3. The summed E-state index contributed by atoms with van der Waals surface area (Å²) in [5, 5.41) is 19.5. The van der Waals surface area contributed by atoms with Crippen LogP contribution in [0.25, 0.3) is 0 Å². The number of fused-ring (bicyclic) bond motifs is 1. The van der Waals surface area contributed by atoms with Gasteiger partial charge in [-0.1, -0.05) is 37.0 Å². The fourth-order valence-electron chi connectivity index (χ4n) is 4.26. The highest BCUT2D eigenvalue weighted by Gasteiger charge is 2.42. The first-order valence-corrected chi connectivity index (χ1v) is 11.9. The van der Waals surface area contributed by atoms with Gasteiger partial charge in [-0.25, -0.2) is 4.79 Å². The molecule has 0 unspecified atom stereocenters. The number of hydrogen-bond acceptors (Lipinski definition) is 6. The van der Waals surface area contributed by atoms with E-state index in [1.165, 1.54) is 43.4 Å². The van der Waals surface area contributed by atoms with Gasteiger partial charge in [-0.3, -0.25) is 4.79 Å². The van der Waals surface area contributed by atoms with Gasteiger partial charge in [0.25, 0.3) is 0 Å². The lowest BCUT2D eigenvalue weighted by atomic mass is 9.90. The molecule has 1 aliphatic carbocycles. The van der Waals surface area contributed by atoms with Gasteiger partial charge in [-0.05, 0) is 25.7 Å². The van der Waals surface area contributed by atoms with Crippen LogP contribution in [0, 0.1) is 0 Å². The predicted molar refractivity (Wildman–Crippen MR) is 108 cm³/mol. The molecule has 9 heteroatoms. The molecule has 1 aromatic rings. The highest BCUT2D eigenvalue weighted by Crippen LogP contribution is 2.35. The van der Waals surface area contributed by atoms with Crippen molar-refractivity contribution in [2.75, 3.05) is 11.1 Å². The Balaban J connectivity index is 1.15. The minimum Gasteiger partial charge on any atom is -0.332 e. The molecular formula is C18H27N5O2S2. The third kappa shape index (κ3) is 4.74. The highest BCUT2D eigenvalue weighted by atomic mass is 32.2. The Morgan fingerprint density at radius 1 is 1.15 bits per heavy atom. The van der Waals surface area contributed by atoms with E-state index in [9.17, 15) is 9.59 Å². The van der Waals surface area contributed by atoms with Crippen molar-refractivity contribution in [2.45, 2.75) is 81.0 Å². The van der Waals surface area contributed by atoms with E-state index < -0.39 is 0 Å². The molecule has 0 radical (unpaired) electrons. The van der Waals surface area contributed by atoms with Crippen molar-refractivity contribution in [3.63, 3.8) is 0 Å². The summed E-state index contributed by atoms with van der Waals surface area (Å²) in [6.45, 7) is 0. The molecule has 27 heavy (non-hydrogen) atoms. The number of thioether (sulfide) groups is 1. The lowest BCUT2D eigenvalue weighted by molar-refractivity contribution is -0.116. The van der Waals surface area contributed by atoms with Crippen LogP contribution >= 0.6 is 23.1 Å². The van der Waals surface area contributed by atoms with E-state index in [0.29, 0.717) is 22.7 Å². The van der Waals surface area contributed by atoms with Crippen LogP contribution in [0.4, 0.5) is 9.93 Å². The molecule has 148 valence electrons. The number of rotatable bonds is 7. The Hall–Kier alpha value is -1.35. The molecule has 0 aromatic carbocycles. The van der Waals surface area contributed by atoms with Crippen molar-refractivity contribution < 1.29 is 9.59 Å². The van der Waals surface area contributed by atoms with Gasteiger partial charge in [0.05, 0.1) is 12.1 Å². The topological polar surface area (TPSA) is 96.0 Å². The average Bonchev–Trinajstić information content (AvgIpc) is 3.36. The number of anilines is 1. The van der Waals surface area contributed by atoms with Crippen molar-refractivity contribution in [1.82, 2.24) is 20.8 Å². The van der Waals surface area contributed by atoms with Crippen LogP contribution in [0.3, 0.4) is 0 Å². The summed E-state index contributed by atoms with van der Waals surface area (Å²) in [4.78, 5) is 23.6. The van der Waals surface area contributed by atoms with Crippen LogP contribution in [-0.2, 0) is 4.79 Å². The molecule has 1 aromatic heterocycles. The Labute approximate surface area is 167 Å². The maximum Gasteiger partial charge on any atom is 0.315 e. The highest BCUT2D eigenvalue weighted by molar-refractivity contribution is 8.00. The first-order valence-electron chi connectivity index (χ1n) is 10.0. The summed E-state index contributed by atoms with van der Waals surface area (Å²) in [5.41, 5.74) is 0. The normalized spacial score (nSPS) is 27.9. The number of amides is 3. The lowest BCUT2D eigenvalue weighted by Gasteiger charge is -2.18. The molecule has 3 N–H and O–H groups in total. The number of urea groups is 1. The zero-order chi connectivity index (χ0) is 18.6. The Morgan fingerprint density at radius 2 is 2.00 bits per heavy atom. The fourth-order valence-corrected chi connectivity index (χ4v) is 6.73. The van der Waals surface area contributed by atoms with Gasteiger partial charge in [0.2, 0.25) is 11.0 Å². The van der Waals surface area contributed by atoms with Gasteiger partial charge in [0.15, 0.2) is 0 Å². The zero-order valence-corrected chi connectivity index (χ0v) is 17.0. The molecule has 0 bridgehead atoms. The Bertz CT molecular complexity index is 676. The van der Waals surface area contributed by atoms with E-state index in [1.54, 1.807) is 0 Å². The van der Waals surface area contributed by atoms with Crippen LogP contribution in [0.5, 0.6) is 0 Å². The minimum atomic E-state index is -0.0423. The molecule has 3 aliphatic rings. The van der Waals surface area contributed by atoms with Crippen molar-refractivity contribution in [3.05, 3.63) is 5.01 Å². The smallest absolute Gasteiger partial charge is 0.315 e. The third-order valence-electron chi connectivity index (χ3n) is 5.72. The summed E-state index contributed by atoms with van der Waals surface area (Å²) in [7, 11) is 0. The average molecular weight is 410 g/mol. The second-order valence-electron chi connectivity index (χ2n) is 7.70. The van der Waals surface area contributed by atoms with Crippen molar-refractivity contribution >= 4 is 40.2 Å². The van der Waals surface area contributed by atoms with Crippen LogP contribution < -0.4 is 16.0 Å². The molecule has 2 saturated heterocycles. The number of carbonyl (C=O) groups excluding carboxylic acids is 2. The van der Waals surface area contributed by atoms with E-state index in [0.717, 1.165) is 30.0 Å². The molecular weight excluding hydrogens is 382 g/mol.